The van der Waals surface area contributed by atoms with Gasteiger partial charge in [-0.15, -0.1) is 11.3 Å². The summed E-state index contributed by atoms with van der Waals surface area (Å²) in [5.74, 6) is 0.149. The number of benzene rings is 1. The Morgan fingerprint density at radius 2 is 1.97 bits per heavy atom. The summed E-state index contributed by atoms with van der Waals surface area (Å²) in [6.07, 6.45) is 1.17. The number of rotatable bonds is 6. The Morgan fingerprint density at radius 1 is 1.23 bits per heavy atom. The number of fused-ring (bicyclic) bond motifs is 1. The molecule has 2 aromatic heterocycles. The van der Waals surface area contributed by atoms with Crippen LogP contribution in [0.2, 0.25) is 0 Å². The first-order chi connectivity index (χ1) is 14.6. The molecule has 154 valence electrons. The molecule has 7 nitrogen and oxygen atoms in total. The predicted molar refractivity (Wildman–Crippen MR) is 119 cm³/mol. The Labute approximate surface area is 178 Å². The van der Waals surface area contributed by atoms with E-state index >= 15 is 0 Å². The van der Waals surface area contributed by atoms with Gasteiger partial charge in [0, 0.05) is 30.5 Å². The zero-order valence-electron chi connectivity index (χ0n) is 16.6. The van der Waals surface area contributed by atoms with Gasteiger partial charge in [-0.3, -0.25) is 9.69 Å². The van der Waals surface area contributed by atoms with E-state index in [4.69, 9.17) is 16.2 Å². The minimum absolute atomic E-state index is 0.000139. The van der Waals surface area contributed by atoms with Gasteiger partial charge in [0.15, 0.2) is 5.78 Å². The van der Waals surface area contributed by atoms with Gasteiger partial charge in [0.05, 0.1) is 23.8 Å². The number of hydrogen-bond donors (Lipinski definition) is 2. The van der Waals surface area contributed by atoms with Crippen molar-refractivity contribution in [3.05, 3.63) is 40.8 Å². The molecule has 1 saturated heterocycles. The topological polar surface area (TPSA) is 118 Å². The van der Waals surface area contributed by atoms with Gasteiger partial charge >= 0.3 is 0 Å². The molecule has 0 aliphatic carbocycles. The van der Waals surface area contributed by atoms with Crippen molar-refractivity contribution in [2.24, 2.45) is 0 Å². The first kappa shape index (κ1) is 20.3. The molecular formula is C22H23N5O2S. The van der Waals surface area contributed by atoms with Crippen LogP contribution >= 0.6 is 11.3 Å². The van der Waals surface area contributed by atoms with Gasteiger partial charge in [0.25, 0.3) is 0 Å². The fourth-order valence-electron chi connectivity index (χ4n) is 3.79. The molecule has 1 fully saturated rings. The van der Waals surface area contributed by atoms with E-state index < -0.39 is 0 Å². The number of nitrogens with zero attached hydrogens (tertiary/aromatic N) is 3. The summed E-state index contributed by atoms with van der Waals surface area (Å²) in [5, 5.41) is 10.3. The summed E-state index contributed by atoms with van der Waals surface area (Å²) in [4.78, 5) is 20.7. The van der Waals surface area contributed by atoms with E-state index in [1.807, 2.05) is 30.3 Å². The highest BCUT2D eigenvalue weighted by molar-refractivity contribution is 7.21. The minimum Gasteiger partial charge on any atom is -0.397 e. The summed E-state index contributed by atoms with van der Waals surface area (Å²) in [5.41, 5.74) is 14.6. The first-order valence-electron chi connectivity index (χ1n) is 9.90. The molecule has 4 rings (SSSR count). The molecule has 4 N–H and O–H groups in total. The van der Waals surface area contributed by atoms with Crippen molar-refractivity contribution in [1.82, 2.24) is 9.88 Å². The van der Waals surface area contributed by atoms with Crippen molar-refractivity contribution in [3.8, 4) is 17.2 Å². The summed E-state index contributed by atoms with van der Waals surface area (Å²) < 4.78 is 5.36. The predicted octanol–water partition coefficient (Wildman–Crippen LogP) is 3.29. The number of pyridine rings is 1. The zero-order valence-corrected chi connectivity index (χ0v) is 17.4. The van der Waals surface area contributed by atoms with Crippen LogP contribution in [0, 0.1) is 11.3 Å². The minimum atomic E-state index is -0.000139. The van der Waals surface area contributed by atoms with Crippen molar-refractivity contribution in [2.75, 3.05) is 44.3 Å². The van der Waals surface area contributed by atoms with Crippen LogP contribution in [0.5, 0.6) is 0 Å². The van der Waals surface area contributed by atoms with E-state index in [9.17, 15) is 10.1 Å². The lowest BCUT2D eigenvalue weighted by molar-refractivity contribution is 0.0371. The average molecular weight is 422 g/mol. The highest BCUT2D eigenvalue weighted by atomic mass is 32.1. The van der Waals surface area contributed by atoms with Crippen LogP contribution in [-0.4, -0.2) is 48.5 Å². The third kappa shape index (κ3) is 3.87. The molecule has 0 unspecified atom stereocenters. The number of ether oxygens (including phenoxy) is 1. The number of Topliss-reactive ketones (excluding diaryl/α,β-unsaturated/α-hetero) is 1. The van der Waals surface area contributed by atoms with Crippen LogP contribution in [0.4, 0.5) is 11.5 Å². The Balaban J connectivity index is 1.66. The number of carbonyl (C=O) groups is 1. The van der Waals surface area contributed by atoms with E-state index in [1.165, 1.54) is 11.3 Å². The summed E-state index contributed by atoms with van der Waals surface area (Å²) in [7, 11) is 0. The summed E-state index contributed by atoms with van der Waals surface area (Å²) >= 11 is 1.25. The van der Waals surface area contributed by atoms with Crippen molar-refractivity contribution in [2.45, 2.75) is 12.8 Å². The second kappa shape index (κ2) is 8.79. The number of nitrogen functional groups attached to an aromatic ring is 2. The molecule has 8 heteroatoms. The molecular weight excluding hydrogens is 398 g/mol. The molecule has 0 bridgehead atoms. The van der Waals surface area contributed by atoms with E-state index in [0.717, 1.165) is 44.8 Å². The summed E-state index contributed by atoms with van der Waals surface area (Å²) in [6, 6.07) is 11.6. The molecule has 30 heavy (non-hydrogen) atoms. The standard InChI is InChI=1S/C22H23N5O2S/c23-13-15-17(14-5-2-1-3-6-14)18-19(24)20(30-22(18)26-21(15)25)16(28)7-4-8-27-9-11-29-12-10-27/h1-3,5-6H,4,7-12,24H2,(H2,25,26). The third-order valence-corrected chi connectivity index (χ3v) is 6.45. The van der Waals surface area contributed by atoms with Crippen LogP contribution in [0.25, 0.3) is 21.3 Å². The fraction of sp³-hybridized carbons (Fsp3) is 0.318. The smallest absolute Gasteiger partial charge is 0.175 e. The molecule has 3 heterocycles. The second-order valence-corrected chi connectivity index (χ2v) is 8.23. The Morgan fingerprint density at radius 3 is 2.67 bits per heavy atom. The Hall–Kier alpha value is -2.99. The lowest BCUT2D eigenvalue weighted by atomic mass is 9.97. The SMILES string of the molecule is N#Cc1c(N)nc2sc(C(=O)CCCN3CCOCC3)c(N)c2c1-c1ccccc1. The number of nitriles is 1. The number of morpholine rings is 1. The molecule has 1 aromatic carbocycles. The van der Waals surface area contributed by atoms with Gasteiger partial charge in [0.1, 0.15) is 22.3 Å². The van der Waals surface area contributed by atoms with Crippen LogP contribution in [0.3, 0.4) is 0 Å². The van der Waals surface area contributed by atoms with E-state index in [-0.39, 0.29) is 17.2 Å². The van der Waals surface area contributed by atoms with E-state index in [2.05, 4.69) is 16.0 Å². The number of aromatic nitrogens is 1. The summed E-state index contributed by atoms with van der Waals surface area (Å²) in [6.45, 7) is 4.15. The molecule has 0 atom stereocenters. The maximum absolute atomic E-state index is 12.9. The first-order valence-corrected chi connectivity index (χ1v) is 10.7. The molecule has 0 radical (unpaired) electrons. The van der Waals surface area contributed by atoms with Crippen molar-refractivity contribution >= 4 is 38.8 Å². The Kier molecular flexibility index (Phi) is 5.95. The van der Waals surface area contributed by atoms with Crippen molar-refractivity contribution in [1.29, 1.82) is 5.26 Å². The molecule has 1 aliphatic rings. The number of thiophene rings is 1. The molecule has 0 amide bonds. The number of nitrogens with two attached hydrogens (primary N) is 2. The molecule has 0 saturated carbocycles. The largest absolute Gasteiger partial charge is 0.397 e. The van der Waals surface area contributed by atoms with Gasteiger partial charge in [-0.25, -0.2) is 4.98 Å². The van der Waals surface area contributed by atoms with Crippen molar-refractivity contribution < 1.29 is 9.53 Å². The van der Waals surface area contributed by atoms with Crippen molar-refractivity contribution in [3.63, 3.8) is 0 Å². The van der Waals surface area contributed by atoms with E-state index in [0.29, 0.717) is 32.8 Å². The van der Waals surface area contributed by atoms with Gasteiger partial charge in [-0.1, -0.05) is 30.3 Å². The molecule has 3 aromatic rings. The van der Waals surface area contributed by atoms with Crippen LogP contribution in [0.1, 0.15) is 28.1 Å². The molecule has 0 spiro atoms. The third-order valence-electron chi connectivity index (χ3n) is 5.31. The van der Waals surface area contributed by atoms with Crippen LogP contribution in [0.15, 0.2) is 30.3 Å². The van der Waals surface area contributed by atoms with Crippen LogP contribution in [-0.2, 0) is 4.74 Å². The fourth-order valence-corrected chi connectivity index (χ4v) is 4.86. The number of ketones is 1. The van der Waals surface area contributed by atoms with Crippen LogP contribution < -0.4 is 11.5 Å². The number of carbonyl (C=O) groups excluding carboxylic acids is 1. The Bertz CT molecular complexity index is 1110. The number of hydrogen-bond acceptors (Lipinski definition) is 8. The van der Waals surface area contributed by atoms with Gasteiger partial charge in [-0.05, 0) is 18.5 Å². The average Bonchev–Trinajstić information content (AvgIpc) is 3.10. The zero-order chi connectivity index (χ0) is 21.1. The maximum Gasteiger partial charge on any atom is 0.175 e. The van der Waals surface area contributed by atoms with Gasteiger partial charge < -0.3 is 16.2 Å². The normalized spacial score (nSPS) is 14.6. The highest BCUT2D eigenvalue weighted by Gasteiger charge is 2.24. The van der Waals surface area contributed by atoms with Gasteiger partial charge in [0.2, 0.25) is 0 Å². The lowest BCUT2D eigenvalue weighted by Gasteiger charge is -2.26. The lowest BCUT2D eigenvalue weighted by Crippen LogP contribution is -2.36. The number of anilines is 2. The van der Waals surface area contributed by atoms with E-state index in [1.54, 1.807) is 0 Å². The quantitative estimate of drug-likeness (QED) is 0.586. The molecule has 1 aliphatic heterocycles. The highest BCUT2D eigenvalue weighted by Crippen LogP contribution is 2.42. The van der Waals surface area contributed by atoms with Gasteiger partial charge in [-0.2, -0.15) is 5.26 Å². The monoisotopic (exact) mass is 421 g/mol. The maximum atomic E-state index is 12.9. The second-order valence-electron chi connectivity index (χ2n) is 7.23.